The Bertz CT molecular complexity index is 480. The van der Waals surface area contributed by atoms with E-state index in [1.807, 2.05) is 25.2 Å². The van der Waals surface area contributed by atoms with Gasteiger partial charge in [0.25, 0.3) is 0 Å². The largest absolute Gasteiger partial charge is 0.382 e. The van der Waals surface area contributed by atoms with Crippen LogP contribution in [0.25, 0.3) is 0 Å². The van der Waals surface area contributed by atoms with Gasteiger partial charge >= 0.3 is 0 Å². The van der Waals surface area contributed by atoms with E-state index in [0.717, 1.165) is 32.1 Å². The molecule has 2 heteroatoms. The molecule has 0 heterocycles. The molecule has 108 valence electrons. The molecule has 2 aliphatic carbocycles. The van der Waals surface area contributed by atoms with Crippen LogP contribution in [0.4, 0.5) is 0 Å². The maximum absolute atomic E-state index is 12.7. The zero-order valence-corrected chi connectivity index (χ0v) is 12.3. The first-order valence-corrected chi connectivity index (χ1v) is 7.67. The van der Waals surface area contributed by atoms with Crippen molar-refractivity contribution in [1.82, 2.24) is 0 Å². The molecule has 1 N–H and O–H groups in total. The minimum absolute atomic E-state index is 0.116. The number of aliphatic hydroxyl groups is 1. The number of carbonyl (C=O) groups is 1. The minimum Gasteiger partial charge on any atom is -0.382 e. The van der Waals surface area contributed by atoms with Gasteiger partial charge in [0.2, 0.25) is 0 Å². The summed E-state index contributed by atoms with van der Waals surface area (Å²) in [7, 11) is 0. The highest BCUT2D eigenvalue weighted by molar-refractivity contribution is 6.03. The Kier molecular flexibility index (Phi) is 5.17. The van der Waals surface area contributed by atoms with Gasteiger partial charge in [0.05, 0.1) is 0 Å². The van der Waals surface area contributed by atoms with Crippen LogP contribution in [0.5, 0.6) is 0 Å². The van der Waals surface area contributed by atoms with Crippen LogP contribution in [0, 0.1) is 0 Å². The van der Waals surface area contributed by atoms with E-state index < -0.39 is 5.60 Å². The lowest BCUT2D eigenvalue weighted by atomic mass is 9.81. The summed E-state index contributed by atoms with van der Waals surface area (Å²) in [5, 5.41) is 10.8. The van der Waals surface area contributed by atoms with Gasteiger partial charge in [-0.1, -0.05) is 49.8 Å². The van der Waals surface area contributed by atoms with E-state index in [1.165, 1.54) is 12.0 Å². The van der Waals surface area contributed by atoms with Gasteiger partial charge < -0.3 is 5.11 Å². The molecule has 2 nitrogen and oxygen atoms in total. The summed E-state index contributed by atoms with van der Waals surface area (Å²) in [5.74, 6) is -0.116. The molecule has 0 spiro atoms. The van der Waals surface area contributed by atoms with Gasteiger partial charge in [-0.3, -0.25) is 4.79 Å². The number of rotatable bonds is 2. The van der Waals surface area contributed by atoms with Crippen molar-refractivity contribution in [2.75, 3.05) is 0 Å². The van der Waals surface area contributed by atoms with E-state index in [-0.39, 0.29) is 5.78 Å². The smallest absolute Gasteiger partial charge is 0.194 e. The Balaban J connectivity index is 2.18. The van der Waals surface area contributed by atoms with Crippen molar-refractivity contribution in [3.8, 4) is 0 Å². The molecule has 0 aliphatic heterocycles. The molecule has 0 aromatic rings. The van der Waals surface area contributed by atoms with Gasteiger partial charge in [0.15, 0.2) is 5.78 Å². The second kappa shape index (κ2) is 6.88. The average molecular weight is 272 g/mol. The van der Waals surface area contributed by atoms with Crippen LogP contribution in [0.15, 0.2) is 41.2 Å². The molecule has 0 atom stereocenters. The van der Waals surface area contributed by atoms with Crippen LogP contribution in [-0.2, 0) is 4.79 Å². The summed E-state index contributed by atoms with van der Waals surface area (Å²) in [4.78, 5) is 12.7. The van der Waals surface area contributed by atoms with E-state index in [2.05, 4.69) is 5.73 Å². The van der Waals surface area contributed by atoms with Crippen molar-refractivity contribution >= 4 is 5.78 Å². The lowest BCUT2D eigenvalue weighted by Gasteiger charge is -2.29. The lowest BCUT2D eigenvalue weighted by Crippen LogP contribution is -2.40. The van der Waals surface area contributed by atoms with Crippen LogP contribution >= 0.6 is 0 Å². The molecule has 0 saturated heterocycles. The number of Topliss-reactive ketones (excluding diaryl/α,β-unsaturated/α-hetero) is 1. The van der Waals surface area contributed by atoms with Crippen LogP contribution in [0.1, 0.15) is 58.3 Å². The molecule has 20 heavy (non-hydrogen) atoms. The van der Waals surface area contributed by atoms with Gasteiger partial charge in [-0.15, -0.1) is 5.73 Å². The SMILES string of the molecule is C/C1=C\C=C=C/C(C(=O)C2(O)CCCCCCC2)=C\C1. The second-order valence-electron chi connectivity index (χ2n) is 5.98. The third-order valence-corrected chi connectivity index (χ3v) is 4.21. The molecule has 0 unspecified atom stereocenters. The minimum atomic E-state index is -1.17. The monoisotopic (exact) mass is 272 g/mol. The quantitative estimate of drug-likeness (QED) is 0.771. The van der Waals surface area contributed by atoms with Gasteiger partial charge in [-0.2, -0.15) is 0 Å². The number of carbonyl (C=O) groups excluding carboxylic acids is 1. The Hall–Kier alpha value is -1.37. The van der Waals surface area contributed by atoms with Crippen molar-refractivity contribution in [2.45, 2.75) is 63.9 Å². The molecular formula is C18H24O2. The zero-order valence-electron chi connectivity index (χ0n) is 12.3. The first kappa shape index (κ1) is 15.0. The van der Waals surface area contributed by atoms with Crippen molar-refractivity contribution in [1.29, 1.82) is 0 Å². The fourth-order valence-electron chi connectivity index (χ4n) is 2.87. The summed E-state index contributed by atoms with van der Waals surface area (Å²) in [6.07, 6.45) is 14.7. The van der Waals surface area contributed by atoms with Crippen LogP contribution < -0.4 is 0 Å². The summed E-state index contributed by atoms with van der Waals surface area (Å²) in [6, 6.07) is 0. The van der Waals surface area contributed by atoms with Crippen molar-refractivity contribution in [3.05, 3.63) is 41.2 Å². The molecule has 1 fully saturated rings. The third kappa shape index (κ3) is 3.82. The predicted octanol–water partition coefficient (Wildman–Crippen LogP) is 4.02. The van der Waals surface area contributed by atoms with Crippen LogP contribution in [0.3, 0.4) is 0 Å². The first-order chi connectivity index (χ1) is 9.62. The second-order valence-corrected chi connectivity index (χ2v) is 5.98. The maximum atomic E-state index is 12.7. The Morgan fingerprint density at radius 3 is 2.55 bits per heavy atom. The Morgan fingerprint density at radius 2 is 1.85 bits per heavy atom. The molecular weight excluding hydrogens is 248 g/mol. The third-order valence-electron chi connectivity index (χ3n) is 4.21. The summed E-state index contributed by atoms with van der Waals surface area (Å²) >= 11 is 0. The highest BCUT2D eigenvalue weighted by Gasteiger charge is 2.36. The van der Waals surface area contributed by atoms with Crippen molar-refractivity contribution in [2.24, 2.45) is 0 Å². The van der Waals surface area contributed by atoms with Gasteiger partial charge in [0.1, 0.15) is 5.60 Å². The highest BCUT2D eigenvalue weighted by atomic mass is 16.3. The predicted molar refractivity (Wildman–Crippen MR) is 81.4 cm³/mol. The van der Waals surface area contributed by atoms with E-state index >= 15 is 0 Å². The number of ketones is 1. The Labute approximate surface area is 121 Å². The molecule has 0 amide bonds. The normalized spacial score (nSPS) is 28.1. The topological polar surface area (TPSA) is 37.3 Å². The maximum Gasteiger partial charge on any atom is 0.194 e. The van der Waals surface area contributed by atoms with Crippen LogP contribution in [-0.4, -0.2) is 16.5 Å². The summed E-state index contributed by atoms with van der Waals surface area (Å²) in [6.45, 7) is 2.03. The van der Waals surface area contributed by atoms with E-state index in [9.17, 15) is 9.90 Å². The average Bonchev–Trinajstić information content (AvgIpc) is 2.38. The fourth-order valence-corrected chi connectivity index (χ4v) is 2.87. The van der Waals surface area contributed by atoms with Gasteiger partial charge in [0, 0.05) is 5.57 Å². The summed E-state index contributed by atoms with van der Waals surface area (Å²) in [5.41, 5.74) is 3.64. The van der Waals surface area contributed by atoms with Gasteiger partial charge in [-0.05, 0) is 38.3 Å². The fraction of sp³-hybridized carbons (Fsp3) is 0.556. The van der Waals surface area contributed by atoms with Crippen LogP contribution in [0.2, 0.25) is 0 Å². The summed E-state index contributed by atoms with van der Waals surface area (Å²) < 4.78 is 0. The Morgan fingerprint density at radius 1 is 1.20 bits per heavy atom. The lowest BCUT2D eigenvalue weighted by molar-refractivity contribution is -0.135. The van der Waals surface area contributed by atoms with E-state index in [0.29, 0.717) is 18.4 Å². The van der Waals surface area contributed by atoms with Crippen molar-refractivity contribution in [3.63, 3.8) is 0 Å². The molecule has 2 aliphatic rings. The van der Waals surface area contributed by atoms with Gasteiger partial charge in [-0.25, -0.2) is 0 Å². The standard InChI is InChI=1S/C18H24O2/c1-15-9-5-6-10-16(12-11-15)17(19)18(20)13-7-3-2-4-8-14-18/h5,9-10,12,20H,2-4,7-8,11,13-14H2,1H3/b15-9+,16-12+. The first-order valence-electron chi connectivity index (χ1n) is 7.67. The van der Waals surface area contributed by atoms with E-state index in [1.54, 1.807) is 6.08 Å². The number of hydrogen-bond acceptors (Lipinski definition) is 2. The molecule has 0 radical (unpaired) electrons. The molecule has 0 bridgehead atoms. The molecule has 0 aromatic heterocycles. The highest BCUT2D eigenvalue weighted by Crippen LogP contribution is 2.30. The zero-order chi connectivity index (χ0) is 14.4. The molecule has 0 aromatic carbocycles. The number of hydrogen-bond donors (Lipinski definition) is 1. The van der Waals surface area contributed by atoms with Crippen molar-refractivity contribution < 1.29 is 9.90 Å². The molecule has 1 saturated carbocycles. The van der Waals surface area contributed by atoms with E-state index in [4.69, 9.17) is 0 Å². The number of allylic oxidation sites excluding steroid dienone is 4. The molecule has 2 rings (SSSR count).